The van der Waals surface area contributed by atoms with Gasteiger partial charge in [0.15, 0.2) is 0 Å². The lowest BCUT2D eigenvalue weighted by Crippen LogP contribution is -2.29. The molecule has 0 aliphatic heterocycles. The molecule has 0 bridgehead atoms. The highest BCUT2D eigenvalue weighted by Gasteiger charge is 2.27. The lowest BCUT2D eigenvalue weighted by molar-refractivity contribution is 0.235. The minimum Gasteiger partial charge on any atom is -0.298 e. The van der Waals surface area contributed by atoms with E-state index in [4.69, 9.17) is 0 Å². The lowest BCUT2D eigenvalue weighted by Gasteiger charge is -2.23. The first-order chi connectivity index (χ1) is 8.19. The van der Waals surface area contributed by atoms with Crippen molar-refractivity contribution in [1.82, 2.24) is 9.88 Å². The van der Waals surface area contributed by atoms with Crippen LogP contribution in [0.15, 0.2) is 5.38 Å². The van der Waals surface area contributed by atoms with Gasteiger partial charge in [-0.2, -0.15) is 11.8 Å². The number of aryl methyl sites for hydroxylation is 1. The van der Waals surface area contributed by atoms with Crippen LogP contribution in [0.5, 0.6) is 0 Å². The molecule has 0 spiro atoms. The quantitative estimate of drug-likeness (QED) is 0.814. The van der Waals surface area contributed by atoms with E-state index in [1.807, 2.05) is 0 Å². The summed E-state index contributed by atoms with van der Waals surface area (Å²) in [6.45, 7) is 5.36. The summed E-state index contributed by atoms with van der Waals surface area (Å²) in [4.78, 5) is 7.04. The van der Waals surface area contributed by atoms with Crippen LogP contribution in [0.4, 0.5) is 0 Å². The average Bonchev–Trinajstić information content (AvgIpc) is 2.88. The minimum atomic E-state index is 0.765. The summed E-state index contributed by atoms with van der Waals surface area (Å²) < 4.78 is 0. The second kappa shape index (κ2) is 6.21. The molecule has 0 radical (unpaired) electrons. The van der Waals surface area contributed by atoms with E-state index in [9.17, 15) is 0 Å². The zero-order valence-corrected chi connectivity index (χ0v) is 12.6. The molecule has 2 atom stereocenters. The van der Waals surface area contributed by atoms with Crippen molar-refractivity contribution in [2.45, 2.75) is 50.9 Å². The molecule has 0 saturated heterocycles. The standard InChI is InChI=1S/C13H22N2S2/c1-4-16-13-6-5-12(7-13)15(3)8-11-9-17-10(2)14-11/h9,12-13H,4-8H2,1-3H3/t12-,13+/m0/s1. The smallest absolute Gasteiger partial charge is 0.0897 e. The molecule has 96 valence electrons. The molecule has 2 nitrogen and oxygen atoms in total. The molecule has 1 aliphatic carbocycles. The zero-order valence-electron chi connectivity index (χ0n) is 11.0. The monoisotopic (exact) mass is 270 g/mol. The molecule has 1 heterocycles. The molecule has 1 aliphatic rings. The Bertz CT molecular complexity index is 351. The molecule has 1 aromatic rings. The predicted octanol–water partition coefficient (Wildman–Crippen LogP) is 3.56. The van der Waals surface area contributed by atoms with Crippen molar-refractivity contribution in [2.75, 3.05) is 12.8 Å². The summed E-state index contributed by atoms with van der Waals surface area (Å²) in [6, 6.07) is 0.765. The van der Waals surface area contributed by atoms with Gasteiger partial charge in [0, 0.05) is 23.2 Å². The summed E-state index contributed by atoms with van der Waals surface area (Å²) in [5.41, 5.74) is 1.24. The maximum atomic E-state index is 4.55. The van der Waals surface area contributed by atoms with E-state index in [2.05, 4.69) is 47.9 Å². The molecule has 1 aromatic heterocycles. The van der Waals surface area contributed by atoms with Crippen LogP contribution in [0, 0.1) is 6.92 Å². The highest BCUT2D eigenvalue weighted by molar-refractivity contribution is 7.99. The van der Waals surface area contributed by atoms with E-state index < -0.39 is 0 Å². The Morgan fingerprint density at radius 3 is 3.00 bits per heavy atom. The SMILES string of the molecule is CCS[C@@H]1CC[C@H](N(C)Cc2csc(C)n2)C1. The van der Waals surface area contributed by atoms with E-state index in [0.29, 0.717) is 0 Å². The van der Waals surface area contributed by atoms with E-state index in [-0.39, 0.29) is 0 Å². The van der Waals surface area contributed by atoms with E-state index in [0.717, 1.165) is 17.8 Å². The Morgan fingerprint density at radius 2 is 2.35 bits per heavy atom. The first kappa shape index (κ1) is 13.4. The van der Waals surface area contributed by atoms with Gasteiger partial charge in [-0.1, -0.05) is 6.92 Å². The molecular weight excluding hydrogens is 248 g/mol. The molecule has 0 aromatic carbocycles. The number of thiazole rings is 1. The highest BCUT2D eigenvalue weighted by Crippen LogP contribution is 2.32. The fraction of sp³-hybridized carbons (Fsp3) is 0.769. The molecule has 1 saturated carbocycles. The molecule has 0 N–H and O–H groups in total. The summed E-state index contributed by atoms with van der Waals surface area (Å²) >= 11 is 3.89. The second-order valence-corrected chi connectivity index (χ2v) is 7.46. The van der Waals surface area contributed by atoms with Crippen LogP contribution < -0.4 is 0 Å². The number of thioether (sulfide) groups is 1. The molecule has 0 unspecified atom stereocenters. The average molecular weight is 270 g/mol. The molecule has 0 amide bonds. The van der Waals surface area contributed by atoms with Gasteiger partial charge in [0.05, 0.1) is 10.7 Å². The molecule has 4 heteroatoms. The number of aromatic nitrogens is 1. The van der Waals surface area contributed by atoms with Gasteiger partial charge in [0.1, 0.15) is 0 Å². The lowest BCUT2D eigenvalue weighted by atomic mass is 10.2. The Kier molecular flexibility index (Phi) is 4.88. The largest absolute Gasteiger partial charge is 0.298 e. The van der Waals surface area contributed by atoms with Gasteiger partial charge >= 0.3 is 0 Å². The maximum Gasteiger partial charge on any atom is 0.0897 e. The van der Waals surface area contributed by atoms with Crippen LogP contribution in [0.25, 0.3) is 0 Å². The summed E-state index contributed by atoms with van der Waals surface area (Å²) in [5, 5.41) is 4.27. The molecule has 1 fully saturated rings. The van der Waals surface area contributed by atoms with Crippen molar-refractivity contribution in [3.05, 3.63) is 16.1 Å². The van der Waals surface area contributed by atoms with Crippen molar-refractivity contribution < 1.29 is 0 Å². The zero-order chi connectivity index (χ0) is 12.3. The van der Waals surface area contributed by atoms with Gasteiger partial charge < -0.3 is 0 Å². The third kappa shape index (κ3) is 3.70. The minimum absolute atomic E-state index is 0.765. The van der Waals surface area contributed by atoms with Crippen molar-refractivity contribution in [3.63, 3.8) is 0 Å². The van der Waals surface area contributed by atoms with Gasteiger partial charge in [-0.15, -0.1) is 11.3 Å². The van der Waals surface area contributed by atoms with Crippen LogP contribution in [-0.4, -0.2) is 34.0 Å². The van der Waals surface area contributed by atoms with Gasteiger partial charge in [0.25, 0.3) is 0 Å². The Labute approximate surface area is 113 Å². The molecule has 17 heavy (non-hydrogen) atoms. The first-order valence-electron chi connectivity index (χ1n) is 6.42. The van der Waals surface area contributed by atoms with Gasteiger partial charge in [-0.05, 0) is 39.0 Å². The van der Waals surface area contributed by atoms with Crippen LogP contribution in [0.2, 0.25) is 0 Å². The van der Waals surface area contributed by atoms with Crippen LogP contribution in [0.1, 0.15) is 36.9 Å². The van der Waals surface area contributed by atoms with Crippen LogP contribution in [-0.2, 0) is 6.54 Å². The number of hydrogen-bond acceptors (Lipinski definition) is 4. The normalized spacial score (nSPS) is 24.7. The molecule has 2 rings (SSSR count). The van der Waals surface area contributed by atoms with Gasteiger partial charge in [0.2, 0.25) is 0 Å². The summed E-state index contributed by atoms with van der Waals surface area (Å²) in [5.74, 6) is 1.26. The highest BCUT2D eigenvalue weighted by atomic mass is 32.2. The van der Waals surface area contributed by atoms with Crippen molar-refractivity contribution in [3.8, 4) is 0 Å². The third-order valence-corrected chi connectivity index (χ3v) is 5.52. The van der Waals surface area contributed by atoms with Crippen molar-refractivity contribution in [1.29, 1.82) is 0 Å². The summed E-state index contributed by atoms with van der Waals surface area (Å²) in [7, 11) is 2.25. The fourth-order valence-electron chi connectivity index (χ4n) is 2.57. The fourth-order valence-corrected chi connectivity index (χ4v) is 4.31. The van der Waals surface area contributed by atoms with Crippen molar-refractivity contribution in [2.24, 2.45) is 0 Å². The number of rotatable bonds is 5. The maximum absolute atomic E-state index is 4.55. The Hall–Kier alpha value is -0.0600. The number of hydrogen-bond donors (Lipinski definition) is 0. The Balaban J connectivity index is 1.82. The van der Waals surface area contributed by atoms with E-state index >= 15 is 0 Å². The van der Waals surface area contributed by atoms with Gasteiger partial charge in [-0.3, -0.25) is 4.90 Å². The third-order valence-electron chi connectivity index (χ3n) is 3.46. The van der Waals surface area contributed by atoms with E-state index in [1.54, 1.807) is 11.3 Å². The first-order valence-corrected chi connectivity index (χ1v) is 8.34. The molecular formula is C13H22N2S2. The second-order valence-electron chi connectivity index (χ2n) is 4.82. The van der Waals surface area contributed by atoms with Crippen molar-refractivity contribution >= 4 is 23.1 Å². The van der Waals surface area contributed by atoms with Crippen LogP contribution >= 0.6 is 23.1 Å². The predicted molar refractivity (Wildman–Crippen MR) is 77.9 cm³/mol. The number of nitrogens with zero attached hydrogens (tertiary/aromatic N) is 2. The van der Waals surface area contributed by atoms with Crippen LogP contribution in [0.3, 0.4) is 0 Å². The van der Waals surface area contributed by atoms with E-state index in [1.165, 1.54) is 35.7 Å². The van der Waals surface area contributed by atoms with Gasteiger partial charge in [-0.25, -0.2) is 4.98 Å². The topological polar surface area (TPSA) is 16.1 Å². The Morgan fingerprint density at radius 1 is 1.53 bits per heavy atom. The summed E-state index contributed by atoms with van der Waals surface area (Å²) in [6.07, 6.45) is 4.11.